The van der Waals surface area contributed by atoms with E-state index < -0.39 is 40.5 Å². The summed E-state index contributed by atoms with van der Waals surface area (Å²) in [4.78, 5) is 25.7. The van der Waals surface area contributed by atoms with Crippen LogP contribution < -0.4 is 10.2 Å². The van der Waals surface area contributed by atoms with Crippen molar-refractivity contribution in [3.8, 4) is 0 Å². The van der Waals surface area contributed by atoms with Crippen LogP contribution in [0.1, 0.15) is 58.4 Å². The monoisotopic (exact) mass is 317 g/mol. The second-order valence-corrected chi connectivity index (χ2v) is 5.16. The number of pyridine rings is 1. The van der Waals surface area contributed by atoms with Crippen LogP contribution in [0.5, 0.6) is 0 Å². The number of carbonyl (C=O) groups excluding carboxylic acids is 2. The molecule has 0 radical (unpaired) electrons. The largest absolute Gasteiger partial charge is 0.545 e. The van der Waals surface area contributed by atoms with Gasteiger partial charge in [-0.05, 0) is 24.3 Å². The Kier molecular flexibility index (Phi) is 5.16. The Hall–Kier alpha value is -2.12. The van der Waals surface area contributed by atoms with Gasteiger partial charge in [0.1, 0.15) is 0 Å². The summed E-state index contributed by atoms with van der Waals surface area (Å²) in [5.41, 5.74) is -4.26. The maximum absolute atomic E-state index is 13.1. The predicted octanol–water partition coefficient (Wildman–Crippen LogP) is 0.588. The van der Waals surface area contributed by atoms with Gasteiger partial charge in [0, 0.05) is 11.1 Å². The molecule has 0 bridgehead atoms. The first-order valence-electron chi connectivity index (χ1n) is 6.56. The zero-order valence-electron chi connectivity index (χ0n) is 12.2. The van der Waals surface area contributed by atoms with Crippen molar-refractivity contribution in [2.75, 3.05) is 0 Å². The van der Waals surface area contributed by atoms with Gasteiger partial charge in [-0.2, -0.15) is 13.2 Å². The van der Waals surface area contributed by atoms with E-state index in [0.717, 1.165) is 0 Å². The van der Waals surface area contributed by atoms with Crippen LogP contribution in [-0.2, 0) is 19.0 Å². The first-order valence-corrected chi connectivity index (χ1v) is 6.56. The van der Waals surface area contributed by atoms with Gasteiger partial charge >= 0.3 is 6.18 Å². The van der Waals surface area contributed by atoms with Gasteiger partial charge < -0.3 is 19.8 Å². The summed E-state index contributed by atoms with van der Waals surface area (Å²) in [7, 11) is 0. The fourth-order valence-corrected chi connectivity index (χ4v) is 2.22. The Morgan fingerprint density at radius 1 is 1.14 bits per heavy atom. The Labute approximate surface area is 124 Å². The molecule has 122 valence electrons. The molecule has 0 saturated heterocycles. The number of hydrogen-bond acceptors (Lipinski definition) is 5. The topological polar surface area (TPSA) is 93.2 Å². The van der Waals surface area contributed by atoms with Crippen molar-refractivity contribution < 1.29 is 33.0 Å². The van der Waals surface area contributed by atoms with Crippen LogP contribution in [0.25, 0.3) is 0 Å². The van der Waals surface area contributed by atoms with Crippen LogP contribution in [-0.4, -0.2) is 16.9 Å². The Morgan fingerprint density at radius 2 is 1.64 bits per heavy atom. The van der Waals surface area contributed by atoms with Crippen LogP contribution in [0.2, 0.25) is 0 Å². The third kappa shape index (κ3) is 3.55. The number of hydrogen-bond donors (Lipinski definition) is 0. The molecule has 1 rings (SSSR count). The summed E-state index contributed by atoms with van der Waals surface area (Å²) in [5, 5.41) is 22.5. The van der Waals surface area contributed by atoms with Gasteiger partial charge in [-0.3, -0.25) is 0 Å². The zero-order valence-corrected chi connectivity index (χ0v) is 12.2. The third-order valence-corrected chi connectivity index (χ3v) is 3.00. The van der Waals surface area contributed by atoms with E-state index in [4.69, 9.17) is 0 Å². The molecule has 0 amide bonds. The maximum Gasteiger partial charge on any atom is 0.434 e. The van der Waals surface area contributed by atoms with Crippen molar-refractivity contribution in [2.24, 2.45) is 5.92 Å². The second-order valence-electron chi connectivity index (χ2n) is 5.16. The summed E-state index contributed by atoms with van der Waals surface area (Å²) < 4.78 is 39.2. The minimum absolute atomic E-state index is 0.106. The minimum Gasteiger partial charge on any atom is -0.545 e. The lowest BCUT2D eigenvalue weighted by Crippen LogP contribution is -2.34. The lowest BCUT2D eigenvalue weighted by molar-refractivity contribution is -0.256. The summed E-state index contributed by atoms with van der Waals surface area (Å²) >= 11 is 0. The van der Waals surface area contributed by atoms with Crippen LogP contribution in [0.15, 0.2) is 0 Å². The molecular formula is C14H14F3NO4-2. The number of aryl methyl sites for hydroxylation is 1. The van der Waals surface area contributed by atoms with Gasteiger partial charge in [0.15, 0.2) is 5.69 Å². The number of nitrogens with zero attached hydrogens (tertiary/aromatic N) is 1. The number of halogens is 3. The van der Waals surface area contributed by atoms with Gasteiger partial charge in [-0.25, -0.2) is 4.98 Å². The summed E-state index contributed by atoms with van der Waals surface area (Å²) in [5.74, 6) is -4.14. The first kappa shape index (κ1) is 17.9. The number of aromatic nitrogens is 1. The molecule has 0 saturated carbocycles. The van der Waals surface area contributed by atoms with Crippen molar-refractivity contribution in [3.63, 3.8) is 0 Å². The van der Waals surface area contributed by atoms with Crippen molar-refractivity contribution >= 4 is 11.9 Å². The molecule has 0 aliphatic carbocycles. The molecule has 1 aromatic heterocycles. The van der Waals surface area contributed by atoms with Crippen LogP contribution in [0.4, 0.5) is 13.2 Å². The molecule has 0 atom stereocenters. The van der Waals surface area contributed by atoms with E-state index in [9.17, 15) is 33.0 Å². The van der Waals surface area contributed by atoms with Gasteiger partial charge in [-0.1, -0.05) is 20.8 Å². The molecule has 0 unspecified atom stereocenters. The molecule has 1 heterocycles. The fraction of sp³-hybridized carbons (Fsp3) is 0.500. The van der Waals surface area contributed by atoms with Crippen molar-refractivity contribution in [3.05, 3.63) is 28.1 Å². The number of carboxylic acid groups (broad SMARTS) is 2. The van der Waals surface area contributed by atoms with E-state index in [1.165, 1.54) is 6.92 Å². The molecule has 22 heavy (non-hydrogen) atoms. The highest BCUT2D eigenvalue weighted by Gasteiger charge is 2.38. The molecule has 1 aromatic rings. The fourth-order valence-electron chi connectivity index (χ4n) is 2.22. The molecule has 0 spiro atoms. The van der Waals surface area contributed by atoms with Gasteiger partial charge in [0.25, 0.3) is 0 Å². The van der Waals surface area contributed by atoms with E-state index in [-0.39, 0.29) is 24.5 Å². The highest BCUT2D eigenvalue weighted by molar-refractivity contribution is 5.96. The van der Waals surface area contributed by atoms with E-state index >= 15 is 0 Å². The average molecular weight is 317 g/mol. The molecular weight excluding hydrogens is 303 g/mol. The second kappa shape index (κ2) is 6.33. The molecule has 0 aliphatic heterocycles. The highest BCUT2D eigenvalue weighted by Crippen LogP contribution is 2.34. The normalized spacial score (nSPS) is 11.8. The Morgan fingerprint density at radius 3 is 1.95 bits per heavy atom. The lowest BCUT2D eigenvalue weighted by atomic mass is 9.90. The molecule has 0 N–H and O–H groups in total. The standard InChI is InChI=1S/C14H16F3NO4/c1-4-8-9(12(19)20)7(5-6(2)3)10(13(21)22)11(18-8)14(15,16)17/h6H,4-5H2,1-3H3,(H,19,20)(H,21,22)/p-2. The Bertz CT molecular complexity index is 609. The SMILES string of the molecule is CCc1nc(C(F)(F)F)c(C(=O)[O-])c(CC(C)C)c1C(=O)[O-]. The number of alkyl halides is 3. The third-order valence-electron chi connectivity index (χ3n) is 3.00. The van der Waals surface area contributed by atoms with Gasteiger partial charge in [0.2, 0.25) is 0 Å². The average Bonchev–Trinajstić information content (AvgIpc) is 2.34. The summed E-state index contributed by atoms with van der Waals surface area (Å²) in [6.45, 7) is 4.67. The predicted molar refractivity (Wildman–Crippen MR) is 65.8 cm³/mol. The summed E-state index contributed by atoms with van der Waals surface area (Å²) in [6.07, 6.45) is -5.31. The molecule has 0 fully saturated rings. The number of rotatable bonds is 5. The molecule has 0 aromatic carbocycles. The maximum atomic E-state index is 13.1. The van der Waals surface area contributed by atoms with Crippen molar-refractivity contribution in [1.29, 1.82) is 0 Å². The number of carbonyl (C=O) groups is 2. The van der Waals surface area contributed by atoms with Crippen LogP contribution in [0, 0.1) is 5.92 Å². The van der Waals surface area contributed by atoms with Crippen LogP contribution in [0.3, 0.4) is 0 Å². The number of aromatic carboxylic acids is 2. The van der Waals surface area contributed by atoms with Crippen molar-refractivity contribution in [2.45, 2.75) is 39.8 Å². The minimum atomic E-state index is -5.03. The van der Waals surface area contributed by atoms with E-state index in [0.29, 0.717) is 0 Å². The van der Waals surface area contributed by atoms with Crippen LogP contribution >= 0.6 is 0 Å². The van der Waals surface area contributed by atoms with E-state index in [1.54, 1.807) is 13.8 Å². The number of carboxylic acids is 2. The quantitative estimate of drug-likeness (QED) is 0.792. The lowest BCUT2D eigenvalue weighted by Gasteiger charge is -2.24. The van der Waals surface area contributed by atoms with E-state index in [1.807, 2.05) is 0 Å². The first-order chi connectivity index (χ1) is 10.0. The van der Waals surface area contributed by atoms with Gasteiger partial charge in [0.05, 0.1) is 17.6 Å². The van der Waals surface area contributed by atoms with Crippen molar-refractivity contribution in [1.82, 2.24) is 4.98 Å². The Balaban J connectivity index is 3.92. The summed E-state index contributed by atoms with van der Waals surface area (Å²) in [6, 6.07) is 0. The highest BCUT2D eigenvalue weighted by atomic mass is 19.4. The van der Waals surface area contributed by atoms with E-state index in [2.05, 4.69) is 4.98 Å². The van der Waals surface area contributed by atoms with Gasteiger partial charge in [-0.15, -0.1) is 0 Å². The molecule has 8 heteroatoms. The molecule has 0 aliphatic rings. The smallest absolute Gasteiger partial charge is 0.434 e. The zero-order chi connectivity index (χ0) is 17.2. The molecule has 5 nitrogen and oxygen atoms in total.